The second kappa shape index (κ2) is 5.80. The molecule has 2 aliphatic rings. The van der Waals surface area contributed by atoms with Gasteiger partial charge in [-0.15, -0.1) is 0 Å². The van der Waals surface area contributed by atoms with Crippen LogP contribution in [0.2, 0.25) is 0 Å². The molecule has 3 rings (SSSR count). The van der Waals surface area contributed by atoms with Crippen LogP contribution >= 0.6 is 0 Å². The summed E-state index contributed by atoms with van der Waals surface area (Å²) in [5.74, 6) is 1.88. The number of fused-ring (bicyclic) bond motifs is 1. The van der Waals surface area contributed by atoms with Crippen LogP contribution in [0.4, 0.5) is 0 Å². The van der Waals surface area contributed by atoms with Gasteiger partial charge in [-0.3, -0.25) is 0 Å². The molecule has 0 radical (unpaired) electrons. The van der Waals surface area contributed by atoms with Crippen LogP contribution in [0.25, 0.3) is 0 Å². The van der Waals surface area contributed by atoms with Gasteiger partial charge in [0.1, 0.15) is 0 Å². The second-order valence-electron chi connectivity index (χ2n) is 5.13. The molecule has 2 heterocycles. The van der Waals surface area contributed by atoms with Crippen LogP contribution in [0.5, 0.6) is 11.5 Å². The highest BCUT2D eigenvalue weighted by Gasteiger charge is 2.20. The van der Waals surface area contributed by atoms with E-state index in [4.69, 9.17) is 9.47 Å². The molecule has 0 aliphatic carbocycles. The van der Waals surface area contributed by atoms with E-state index in [2.05, 4.69) is 29.3 Å². The van der Waals surface area contributed by atoms with E-state index in [1.165, 1.54) is 11.1 Å². The van der Waals surface area contributed by atoms with Gasteiger partial charge in [0.15, 0.2) is 11.5 Å². The van der Waals surface area contributed by atoms with Gasteiger partial charge in [0.2, 0.25) is 6.79 Å². The predicted octanol–water partition coefficient (Wildman–Crippen LogP) is 1.43. The van der Waals surface area contributed by atoms with Crippen LogP contribution in [0.1, 0.15) is 18.1 Å². The largest absolute Gasteiger partial charge is 0.454 e. The SMILES string of the molecule is CCc1c(CCN2CCNCC2)ccc2c1OCO2. The topological polar surface area (TPSA) is 33.7 Å². The number of ether oxygens (including phenoxy) is 2. The van der Waals surface area contributed by atoms with Crippen molar-refractivity contribution in [1.82, 2.24) is 10.2 Å². The fraction of sp³-hybridized carbons (Fsp3) is 0.600. The van der Waals surface area contributed by atoms with E-state index in [1.807, 2.05) is 0 Å². The van der Waals surface area contributed by atoms with Gasteiger partial charge in [-0.05, 0) is 24.5 Å². The molecule has 104 valence electrons. The summed E-state index contributed by atoms with van der Waals surface area (Å²) >= 11 is 0. The van der Waals surface area contributed by atoms with Crippen molar-refractivity contribution >= 4 is 0 Å². The summed E-state index contributed by atoms with van der Waals surface area (Å²) in [6.45, 7) is 8.23. The fourth-order valence-corrected chi connectivity index (χ4v) is 2.91. The summed E-state index contributed by atoms with van der Waals surface area (Å²) in [4.78, 5) is 2.53. The van der Waals surface area contributed by atoms with Gasteiger partial charge in [-0.2, -0.15) is 0 Å². The first-order chi connectivity index (χ1) is 9.38. The predicted molar refractivity (Wildman–Crippen MR) is 75.0 cm³/mol. The number of nitrogens with one attached hydrogen (secondary N) is 1. The molecular formula is C15H22N2O2. The van der Waals surface area contributed by atoms with E-state index in [-0.39, 0.29) is 0 Å². The summed E-state index contributed by atoms with van der Waals surface area (Å²) in [5.41, 5.74) is 2.73. The molecule has 4 heteroatoms. The molecule has 0 amide bonds. The lowest BCUT2D eigenvalue weighted by Gasteiger charge is -2.27. The van der Waals surface area contributed by atoms with Crippen LogP contribution in [0.15, 0.2) is 12.1 Å². The maximum Gasteiger partial charge on any atom is 0.231 e. The van der Waals surface area contributed by atoms with Crippen molar-refractivity contribution in [2.75, 3.05) is 39.5 Å². The maximum absolute atomic E-state index is 5.61. The van der Waals surface area contributed by atoms with Gasteiger partial charge in [0.05, 0.1) is 0 Å². The third-order valence-electron chi connectivity index (χ3n) is 4.00. The van der Waals surface area contributed by atoms with Gasteiger partial charge in [-0.25, -0.2) is 0 Å². The van der Waals surface area contributed by atoms with Gasteiger partial charge < -0.3 is 19.7 Å². The number of rotatable bonds is 4. The molecule has 1 saturated heterocycles. The Bertz CT molecular complexity index is 442. The van der Waals surface area contributed by atoms with Crippen molar-refractivity contribution < 1.29 is 9.47 Å². The summed E-state index contributed by atoms with van der Waals surface area (Å²) in [6.07, 6.45) is 2.10. The lowest BCUT2D eigenvalue weighted by molar-refractivity contribution is 0.173. The Morgan fingerprint density at radius 2 is 2.05 bits per heavy atom. The van der Waals surface area contributed by atoms with E-state index in [0.717, 1.165) is 57.1 Å². The average Bonchev–Trinajstić information content (AvgIpc) is 2.94. The Morgan fingerprint density at radius 1 is 1.21 bits per heavy atom. The molecular weight excluding hydrogens is 240 g/mol. The molecule has 2 aliphatic heterocycles. The molecule has 0 unspecified atom stereocenters. The molecule has 0 atom stereocenters. The minimum Gasteiger partial charge on any atom is -0.454 e. The van der Waals surface area contributed by atoms with Crippen molar-refractivity contribution in [2.45, 2.75) is 19.8 Å². The van der Waals surface area contributed by atoms with Gasteiger partial charge in [-0.1, -0.05) is 13.0 Å². The highest BCUT2D eigenvalue weighted by atomic mass is 16.7. The number of benzene rings is 1. The molecule has 4 nitrogen and oxygen atoms in total. The van der Waals surface area contributed by atoms with Crippen molar-refractivity contribution in [3.05, 3.63) is 23.3 Å². The highest BCUT2D eigenvalue weighted by molar-refractivity contribution is 5.52. The summed E-state index contributed by atoms with van der Waals surface area (Å²) < 4.78 is 11.1. The van der Waals surface area contributed by atoms with Crippen molar-refractivity contribution in [1.29, 1.82) is 0 Å². The van der Waals surface area contributed by atoms with Crippen molar-refractivity contribution in [3.63, 3.8) is 0 Å². The Labute approximate surface area is 114 Å². The minimum atomic E-state index is 0.365. The molecule has 0 bridgehead atoms. The van der Waals surface area contributed by atoms with Gasteiger partial charge >= 0.3 is 0 Å². The standard InChI is InChI=1S/C15H22N2O2/c1-2-13-12(3-4-14-15(13)19-11-18-14)5-8-17-9-6-16-7-10-17/h3-4,16H,2,5-11H2,1H3. The average molecular weight is 262 g/mol. The monoisotopic (exact) mass is 262 g/mol. The molecule has 1 N–H and O–H groups in total. The Balaban J connectivity index is 1.70. The van der Waals surface area contributed by atoms with Gasteiger partial charge in [0.25, 0.3) is 0 Å². The summed E-state index contributed by atoms with van der Waals surface area (Å²) in [5, 5.41) is 3.39. The normalized spacial score (nSPS) is 18.8. The van der Waals surface area contributed by atoms with Crippen LogP contribution in [0.3, 0.4) is 0 Å². The van der Waals surface area contributed by atoms with E-state index in [1.54, 1.807) is 0 Å². The zero-order valence-corrected chi connectivity index (χ0v) is 11.6. The molecule has 19 heavy (non-hydrogen) atoms. The van der Waals surface area contributed by atoms with Crippen LogP contribution in [-0.2, 0) is 12.8 Å². The highest BCUT2D eigenvalue weighted by Crippen LogP contribution is 2.37. The number of nitrogens with zero attached hydrogens (tertiary/aromatic N) is 1. The summed E-state index contributed by atoms with van der Waals surface area (Å²) in [6, 6.07) is 4.25. The third kappa shape index (κ3) is 2.69. The zero-order valence-electron chi connectivity index (χ0n) is 11.6. The quantitative estimate of drug-likeness (QED) is 0.890. The first-order valence-corrected chi connectivity index (χ1v) is 7.22. The lowest BCUT2D eigenvalue weighted by Crippen LogP contribution is -2.44. The fourth-order valence-electron chi connectivity index (χ4n) is 2.91. The molecule has 1 aromatic rings. The molecule has 0 spiro atoms. The van der Waals surface area contributed by atoms with E-state index in [0.29, 0.717) is 6.79 Å². The minimum absolute atomic E-state index is 0.365. The Morgan fingerprint density at radius 3 is 2.84 bits per heavy atom. The third-order valence-corrected chi connectivity index (χ3v) is 4.00. The van der Waals surface area contributed by atoms with Crippen molar-refractivity contribution in [2.24, 2.45) is 0 Å². The number of hydrogen-bond donors (Lipinski definition) is 1. The molecule has 0 aromatic heterocycles. The molecule has 1 aromatic carbocycles. The molecule has 1 fully saturated rings. The van der Waals surface area contributed by atoms with Crippen LogP contribution < -0.4 is 14.8 Å². The first-order valence-electron chi connectivity index (χ1n) is 7.22. The van der Waals surface area contributed by atoms with E-state index in [9.17, 15) is 0 Å². The molecule has 0 saturated carbocycles. The Kier molecular flexibility index (Phi) is 3.89. The first kappa shape index (κ1) is 12.8. The lowest BCUT2D eigenvalue weighted by atomic mass is 10.0. The smallest absolute Gasteiger partial charge is 0.231 e. The second-order valence-corrected chi connectivity index (χ2v) is 5.13. The zero-order chi connectivity index (χ0) is 13.1. The van der Waals surface area contributed by atoms with Crippen LogP contribution in [0, 0.1) is 0 Å². The number of piperazine rings is 1. The van der Waals surface area contributed by atoms with Gasteiger partial charge in [0, 0.05) is 38.3 Å². The number of hydrogen-bond acceptors (Lipinski definition) is 4. The van der Waals surface area contributed by atoms with E-state index < -0.39 is 0 Å². The maximum atomic E-state index is 5.61. The van der Waals surface area contributed by atoms with Crippen LogP contribution in [-0.4, -0.2) is 44.4 Å². The van der Waals surface area contributed by atoms with E-state index >= 15 is 0 Å². The summed E-state index contributed by atoms with van der Waals surface area (Å²) in [7, 11) is 0. The Hall–Kier alpha value is -1.26. The van der Waals surface area contributed by atoms with Crippen molar-refractivity contribution in [3.8, 4) is 11.5 Å².